The number of carbonyl (C=O) groups is 1. The molecule has 3 atom stereocenters. The number of methoxy groups -OCH3 is 1. The van der Waals surface area contributed by atoms with Crippen LogP contribution in [-0.2, 0) is 19.0 Å². The lowest BCUT2D eigenvalue weighted by atomic mass is 10.00. The molecule has 1 unspecified atom stereocenters. The van der Waals surface area contributed by atoms with E-state index in [1.807, 2.05) is 31.2 Å². The summed E-state index contributed by atoms with van der Waals surface area (Å²) in [5.74, 6) is -0.400. The Balaban J connectivity index is 2.30. The lowest BCUT2D eigenvalue weighted by Crippen LogP contribution is -2.27. The Kier molecular flexibility index (Phi) is 3.45. The summed E-state index contributed by atoms with van der Waals surface area (Å²) in [6.07, 6.45) is -1.47. The Labute approximate surface area is 100 Å². The van der Waals surface area contributed by atoms with Gasteiger partial charge in [-0.3, -0.25) is 0 Å². The van der Waals surface area contributed by atoms with Crippen molar-refractivity contribution >= 4 is 5.97 Å². The van der Waals surface area contributed by atoms with Crippen LogP contribution < -0.4 is 0 Å². The van der Waals surface area contributed by atoms with E-state index >= 15 is 0 Å². The molecule has 1 saturated heterocycles. The number of hydrogen-bond donors (Lipinski definition) is 0. The quantitative estimate of drug-likeness (QED) is 0.736. The first-order valence-corrected chi connectivity index (χ1v) is 5.57. The molecule has 0 amide bonds. The lowest BCUT2D eigenvalue weighted by molar-refractivity contribution is -0.153. The molecule has 0 spiro atoms. The second-order valence-corrected chi connectivity index (χ2v) is 4.06. The largest absolute Gasteiger partial charge is 0.467 e. The maximum Gasteiger partial charge on any atom is 0.338 e. The fourth-order valence-corrected chi connectivity index (χ4v) is 2.03. The molecule has 0 aromatic heterocycles. The van der Waals surface area contributed by atoms with Gasteiger partial charge in [0.15, 0.2) is 12.4 Å². The van der Waals surface area contributed by atoms with Crippen LogP contribution >= 0.6 is 0 Å². The summed E-state index contributed by atoms with van der Waals surface area (Å²) in [4.78, 5) is 11.6. The Morgan fingerprint density at radius 2 is 2.00 bits per heavy atom. The predicted octanol–water partition coefficient (Wildman–Crippen LogP) is 1.97. The third kappa shape index (κ3) is 2.33. The summed E-state index contributed by atoms with van der Waals surface area (Å²) in [5.41, 5.74) is 2.04. The molecule has 0 bridgehead atoms. The minimum Gasteiger partial charge on any atom is -0.467 e. The molecular weight excluding hydrogens is 220 g/mol. The van der Waals surface area contributed by atoms with Gasteiger partial charge in [0.05, 0.1) is 7.11 Å². The highest BCUT2D eigenvalue weighted by atomic mass is 16.7. The van der Waals surface area contributed by atoms with E-state index in [2.05, 4.69) is 0 Å². The Bertz CT molecular complexity index is 416. The molecule has 1 aliphatic rings. The van der Waals surface area contributed by atoms with Gasteiger partial charge in [0.1, 0.15) is 6.10 Å². The van der Waals surface area contributed by atoms with Crippen LogP contribution in [-0.4, -0.2) is 25.5 Å². The molecule has 1 aromatic carbocycles. The molecule has 1 aromatic rings. The zero-order valence-corrected chi connectivity index (χ0v) is 10.2. The average molecular weight is 236 g/mol. The fourth-order valence-electron chi connectivity index (χ4n) is 2.03. The van der Waals surface area contributed by atoms with E-state index in [-0.39, 0.29) is 0 Å². The molecule has 0 N–H and O–H groups in total. The van der Waals surface area contributed by atoms with Gasteiger partial charge in [-0.15, -0.1) is 0 Å². The third-order valence-corrected chi connectivity index (χ3v) is 2.88. The van der Waals surface area contributed by atoms with Crippen LogP contribution in [0, 0.1) is 6.92 Å². The van der Waals surface area contributed by atoms with E-state index in [4.69, 9.17) is 14.2 Å². The number of rotatable bonds is 2. The van der Waals surface area contributed by atoms with Crippen molar-refractivity contribution in [3.8, 4) is 0 Å². The topological polar surface area (TPSA) is 44.8 Å². The number of carbonyl (C=O) groups excluding carboxylic acids is 1. The van der Waals surface area contributed by atoms with Crippen LogP contribution in [0.15, 0.2) is 24.3 Å². The van der Waals surface area contributed by atoms with Gasteiger partial charge < -0.3 is 14.2 Å². The second-order valence-electron chi connectivity index (χ2n) is 4.06. The van der Waals surface area contributed by atoms with E-state index in [0.29, 0.717) is 0 Å². The molecule has 4 nitrogen and oxygen atoms in total. The highest BCUT2D eigenvalue weighted by molar-refractivity contribution is 5.76. The molecular formula is C13H16O4. The zero-order valence-electron chi connectivity index (χ0n) is 10.2. The number of hydrogen-bond acceptors (Lipinski definition) is 4. The maximum absolute atomic E-state index is 11.6. The average Bonchev–Trinajstić information content (AvgIpc) is 2.71. The zero-order chi connectivity index (χ0) is 12.4. The van der Waals surface area contributed by atoms with Crippen molar-refractivity contribution in [3.05, 3.63) is 35.4 Å². The van der Waals surface area contributed by atoms with Crippen molar-refractivity contribution in [3.63, 3.8) is 0 Å². The van der Waals surface area contributed by atoms with Gasteiger partial charge in [-0.1, -0.05) is 24.3 Å². The molecule has 4 heteroatoms. The maximum atomic E-state index is 11.6. The molecule has 1 aliphatic heterocycles. The second kappa shape index (κ2) is 4.85. The molecule has 1 heterocycles. The van der Waals surface area contributed by atoms with Gasteiger partial charge in [-0.2, -0.15) is 0 Å². The van der Waals surface area contributed by atoms with E-state index in [9.17, 15) is 4.79 Å². The highest BCUT2D eigenvalue weighted by Crippen LogP contribution is 2.34. The van der Waals surface area contributed by atoms with Gasteiger partial charge in [0.2, 0.25) is 0 Å². The van der Waals surface area contributed by atoms with Crippen LogP contribution in [0.3, 0.4) is 0 Å². The van der Waals surface area contributed by atoms with E-state index in [1.165, 1.54) is 7.11 Å². The molecule has 0 radical (unpaired) electrons. The van der Waals surface area contributed by atoms with Gasteiger partial charge in [0.25, 0.3) is 0 Å². The summed E-state index contributed by atoms with van der Waals surface area (Å²) < 4.78 is 15.8. The molecule has 2 rings (SSSR count). The summed E-state index contributed by atoms with van der Waals surface area (Å²) in [6.45, 7) is 3.75. The summed E-state index contributed by atoms with van der Waals surface area (Å²) in [6, 6.07) is 7.79. The summed E-state index contributed by atoms with van der Waals surface area (Å²) in [5, 5.41) is 0. The van der Waals surface area contributed by atoms with E-state index in [0.717, 1.165) is 11.1 Å². The first-order valence-electron chi connectivity index (χ1n) is 5.57. The lowest BCUT2D eigenvalue weighted by Gasteiger charge is -2.16. The smallest absolute Gasteiger partial charge is 0.338 e. The van der Waals surface area contributed by atoms with Crippen LogP contribution in [0.2, 0.25) is 0 Å². The number of esters is 1. The Hall–Kier alpha value is -1.39. The Morgan fingerprint density at radius 1 is 1.29 bits per heavy atom. The van der Waals surface area contributed by atoms with Crippen LogP contribution in [0.4, 0.5) is 0 Å². The first-order chi connectivity index (χ1) is 8.13. The van der Waals surface area contributed by atoms with Gasteiger partial charge in [0, 0.05) is 0 Å². The minimum atomic E-state index is -0.684. The molecule has 92 valence electrons. The van der Waals surface area contributed by atoms with Crippen molar-refractivity contribution in [2.45, 2.75) is 32.3 Å². The van der Waals surface area contributed by atoms with Crippen molar-refractivity contribution in [1.82, 2.24) is 0 Å². The van der Waals surface area contributed by atoms with Gasteiger partial charge in [-0.05, 0) is 25.0 Å². The summed E-state index contributed by atoms with van der Waals surface area (Å²) >= 11 is 0. The molecule has 0 saturated carbocycles. The number of benzene rings is 1. The minimum absolute atomic E-state index is 0.390. The molecule has 17 heavy (non-hydrogen) atoms. The first kappa shape index (κ1) is 12.1. The number of aryl methyl sites for hydroxylation is 1. The van der Waals surface area contributed by atoms with Crippen LogP contribution in [0.25, 0.3) is 0 Å². The Morgan fingerprint density at radius 3 is 2.65 bits per heavy atom. The summed E-state index contributed by atoms with van der Waals surface area (Å²) in [7, 11) is 1.35. The number of ether oxygens (including phenoxy) is 3. The van der Waals surface area contributed by atoms with Crippen molar-refractivity contribution in [2.75, 3.05) is 7.11 Å². The van der Waals surface area contributed by atoms with E-state index < -0.39 is 24.5 Å². The standard InChI is InChI=1S/C13H16O4/c1-8-6-4-5-7-10(8)11-12(13(14)15-3)17-9(2)16-11/h4-7,9,11-12H,1-3H3/t9?,11-,12+/m1/s1. The molecule has 1 fully saturated rings. The third-order valence-electron chi connectivity index (χ3n) is 2.88. The van der Waals surface area contributed by atoms with Crippen molar-refractivity contribution in [2.24, 2.45) is 0 Å². The predicted molar refractivity (Wildman–Crippen MR) is 61.4 cm³/mol. The SMILES string of the molecule is COC(=O)[C@H]1OC(C)O[C@@H]1c1ccccc1C. The van der Waals surface area contributed by atoms with Crippen LogP contribution in [0.1, 0.15) is 24.2 Å². The highest BCUT2D eigenvalue weighted by Gasteiger charge is 2.41. The fraction of sp³-hybridized carbons (Fsp3) is 0.462. The van der Waals surface area contributed by atoms with Gasteiger partial charge >= 0.3 is 5.97 Å². The van der Waals surface area contributed by atoms with E-state index in [1.54, 1.807) is 6.92 Å². The van der Waals surface area contributed by atoms with Crippen molar-refractivity contribution < 1.29 is 19.0 Å². The van der Waals surface area contributed by atoms with Crippen molar-refractivity contribution in [1.29, 1.82) is 0 Å². The monoisotopic (exact) mass is 236 g/mol. The van der Waals surface area contributed by atoms with Gasteiger partial charge in [-0.25, -0.2) is 4.79 Å². The molecule has 0 aliphatic carbocycles. The van der Waals surface area contributed by atoms with Crippen LogP contribution in [0.5, 0.6) is 0 Å². The normalized spacial score (nSPS) is 28.1.